The molecule has 2 heterocycles. The van der Waals surface area contributed by atoms with Gasteiger partial charge in [0.25, 0.3) is 10.0 Å². The quantitative estimate of drug-likeness (QED) is 0.755. The van der Waals surface area contributed by atoms with Gasteiger partial charge in [0, 0.05) is 11.6 Å². The second kappa shape index (κ2) is 6.36. The summed E-state index contributed by atoms with van der Waals surface area (Å²) in [5, 5.41) is 4.11. The molecule has 25 heavy (non-hydrogen) atoms. The first-order valence-electron chi connectivity index (χ1n) is 7.79. The molecule has 0 bridgehead atoms. The Bertz CT molecular complexity index is 953. The SMILES string of the molecule is CC(C)(C)c1coc(NS(=O)(=O)c2cnn(Cc3ccccc3)c2)n1. The van der Waals surface area contributed by atoms with Crippen LogP contribution in [0.15, 0.2) is 58.3 Å². The fourth-order valence-corrected chi connectivity index (χ4v) is 3.07. The highest BCUT2D eigenvalue weighted by atomic mass is 32.2. The Morgan fingerprint density at radius 3 is 2.56 bits per heavy atom. The van der Waals surface area contributed by atoms with E-state index >= 15 is 0 Å². The molecule has 3 rings (SSSR count). The van der Waals surface area contributed by atoms with Crippen molar-refractivity contribution >= 4 is 16.0 Å². The summed E-state index contributed by atoms with van der Waals surface area (Å²) < 4.78 is 34.1. The van der Waals surface area contributed by atoms with Crippen molar-refractivity contribution in [2.24, 2.45) is 0 Å². The predicted molar refractivity (Wildman–Crippen MR) is 93.8 cm³/mol. The molecule has 0 fully saturated rings. The van der Waals surface area contributed by atoms with Gasteiger partial charge in [-0.05, 0) is 5.56 Å². The second-order valence-corrected chi connectivity index (χ2v) is 8.44. The zero-order valence-electron chi connectivity index (χ0n) is 14.3. The lowest BCUT2D eigenvalue weighted by atomic mass is 9.93. The van der Waals surface area contributed by atoms with Crippen LogP contribution in [0.4, 0.5) is 6.01 Å². The van der Waals surface area contributed by atoms with Crippen LogP contribution < -0.4 is 4.72 Å². The van der Waals surface area contributed by atoms with Gasteiger partial charge in [0.1, 0.15) is 11.2 Å². The Balaban J connectivity index is 1.75. The molecule has 7 nitrogen and oxygen atoms in total. The van der Waals surface area contributed by atoms with Gasteiger partial charge in [0.2, 0.25) is 0 Å². The van der Waals surface area contributed by atoms with Crippen LogP contribution >= 0.6 is 0 Å². The lowest BCUT2D eigenvalue weighted by Gasteiger charge is -2.12. The van der Waals surface area contributed by atoms with Gasteiger partial charge in [-0.3, -0.25) is 4.68 Å². The molecule has 0 aliphatic rings. The highest BCUT2D eigenvalue weighted by Gasteiger charge is 2.23. The van der Waals surface area contributed by atoms with Crippen molar-refractivity contribution in [1.29, 1.82) is 0 Å². The van der Waals surface area contributed by atoms with Crippen molar-refractivity contribution in [2.45, 2.75) is 37.6 Å². The smallest absolute Gasteiger partial charge is 0.309 e. The zero-order valence-corrected chi connectivity index (χ0v) is 15.1. The van der Waals surface area contributed by atoms with Crippen molar-refractivity contribution < 1.29 is 12.8 Å². The van der Waals surface area contributed by atoms with Crippen LogP contribution in [0.3, 0.4) is 0 Å². The normalized spacial score (nSPS) is 12.3. The Kier molecular flexibility index (Phi) is 4.38. The van der Waals surface area contributed by atoms with E-state index in [2.05, 4.69) is 14.8 Å². The van der Waals surface area contributed by atoms with Crippen LogP contribution in [0.2, 0.25) is 0 Å². The van der Waals surface area contributed by atoms with E-state index in [0.717, 1.165) is 5.56 Å². The Morgan fingerprint density at radius 1 is 1.20 bits per heavy atom. The standard InChI is InChI=1S/C17H20N4O3S/c1-17(2,3)15-12-24-16(19-15)20-25(22,23)14-9-18-21(11-14)10-13-7-5-4-6-8-13/h4-9,11-12H,10H2,1-3H3,(H,19,20). The zero-order chi connectivity index (χ0) is 18.1. The number of anilines is 1. The van der Waals surface area contributed by atoms with Crippen LogP contribution in [-0.4, -0.2) is 23.2 Å². The highest BCUT2D eigenvalue weighted by molar-refractivity contribution is 7.92. The number of oxazole rings is 1. The molecule has 2 aromatic heterocycles. The number of benzene rings is 1. The minimum atomic E-state index is -3.81. The molecule has 0 unspecified atom stereocenters. The Morgan fingerprint density at radius 2 is 1.92 bits per heavy atom. The number of nitrogens with one attached hydrogen (secondary N) is 1. The summed E-state index contributed by atoms with van der Waals surface area (Å²) >= 11 is 0. The van der Waals surface area contributed by atoms with Gasteiger partial charge in [0.15, 0.2) is 0 Å². The van der Waals surface area contributed by atoms with Crippen molar-refractivity contribution in [1.82, 2.24) is 14.8 Å². The van der Waals surface area contributed by atoms with E-state index in [0.29, 0.717) is 12.2 Å². The van der Waals surface area contributed by atoms with Crippen LogP contribution in [0.5, 0.6) is 0 Å². The largest absolute Gasteiger partial charge is 0.431 e. The van der Waals surface area contributed by atoms with E-state index in [4.69, 9.17) is 4.42 Å². The van der Waals surface area contributed by atoms with Gasteiger partial charge < -0.3 is 4.42 Å². The third kappa shape index (κ3) is 4.08. The maximum atomic E-state index is 12.5. The minimum absolute atomic E-state index is 0.0546. The van der Waals surface area contributed by atoms with E-state index in [-0.39, 0.29) is 16.3 Å². The van der Waals surface area contributed by atoms with Crippen molar-refractivity contribution in [2.75, 3.05) is 4.72 Å². The molecule has 0 saturated carbocycles. The molecule has 0 amide bonds. The maximum Gasteiger partial charge on any atom is 0.309 e. The number of sulfonamides is 1. The molecule has 0 aliphatic heterocycles. The van der Waals surface area contributed by atoms with E-state index in [1.54, 1.807) is 4.68 Å². The average molecular weight is 360 g/mol. The molecule has 3 aromatic rings. The fraction of sp³-hybridized carbons (Fsp3) is 0.294. The molecule has 0 atom stereocenters. The van der Waals surface area contributed by atoms with Crippen molar-refractivity contribution in [3.63, 3.8) is 0 Å². The van der Waals surface area contributed by atoms with Crippen LogP contribution in [0, 0.1) is 0 Å². The minimum Gasteiger partial charge on any atom is -0.431 e. The number of hydrogen-bond donors (Lipinski definition) is 1. The molecule has 1 N–H and O–H groups in total. The first-order valence-corrected chi connectivity index (χ1v) is 9.27. The maximum absolute atomic E-state index is 12.5. The summed E-state index contributed by atoms with van der Waals surface area (Å²) in [4.78, 5) is 4.24. The van der Waals surface area contributed by atoms with E-state index in [1.807, 2.05) is 51.1 Å². The van der Waals surface area contributed by atoms with Gasteiger partial charge in [-0.25, -0.2) is 13.1 Å². The lowest BCUT2D eigenvalue weighted by Crippen LogP contribution is -2.14. The van der Waals surface area contributed by atoms with Gasteiger partial charge in [-0.1, -0.05) is 51.1 Å². The first-order chi connectivity index (χ1) is 11.7. The number of nitrogens with zero attached hydrogens (tertiary/aromatic N) is 3. The van der Waals surface area contributed by atoms with Crippen LogP contribution in [-0.2, 0) is 22.0 Å². The van der Waals surface area contributed by atoms with E-state index in [9.17, 15) is 8.42 Å². The van der Waals surface area contributed by atoms with E-state index in [1.165, 1.54) is 18.7 Å². The molecule has 0 spiro atoms. The molecule has 8 heteroatoms. The van der Waals surface area contributed by atoms with Gasteiger partial charge in [-0.15, -0.1) is 0 Å². The average Bonchev–Trinajstić information content (AvgIpc) is 3.17. The highest BCUT2D eigenvalue weighted by Crippen LogP contribution is 2.24. The van der Waals surface area contributed by atoms with E-state index < -0.39 is 10.0 Å². The van der Waals surface area contributed by atoms with Gasteiger partial charge in [0.05, 0.1) is 18.4 Å². The first kappa shape index (κ1) is 17.2. The Hall–Kier alpha value is -2.61. The third-order valence-corrected chi connectivity index (χ3v) is 4.88. The molecule has 0 radical (unpaired) electrons. The summed E-state index contributed by atoms with van der Waals surface area (Å²) in [5.74, 6) is 0. The number of hydrogen-bond acceptors (Lipinski definition) is 5. The van der Waals surface area contributed by atoms with Gasteiger partial charge in [-0.2, -0.15) is 10.1 Å². The lowest BCUT2D eigenvalue weighted by molar-refractivity contribution is 0.544. The Labute approximate surface area is 146 Å². The van der Waals surface area contributed by atoms with Crippen LogP contribution in [0.25, 0.3) is 0 Å². The summed E-state index contributed by atoms with van der Waals surface area (Å²) in [5.41, 5.74) is 1.48. The second-order valence-electron chi connectivity index (χ2n) is 6.75. The monoisotopic (exact) mass is 360 g/mol. The molecule has 0 aliphatic carbocycles. The van der Waals surface area contributed by atoms with Crippen molar-refractivity contribution in [3.8, 4) is 0 Å². The molecular weight excluding hydrogens is 340 g/mol. The topological polar surface area (TPSA) is 90.0 Å². The summed E-state index contributed by atoms with van der Waals surface area (Å²) in [6, 6.07) is 9.62. The third-order valence-electron chi connectivity index (χ3n) is 3.60. The van der Waals surface area contributed by atoms with Gasteiger partial charge >= 0.3 is 6.01 Å². The predicted octanol–water partition coefficient (Wildman–Crippen LogP) is 3.02. The summed E-state index contributed by atoms with van der Waals surface area (Å²) in [6.45, 7) is 6.40. The molecular formula is C17H20N4O3S. The number of aromatic nitrogens is 3. The molecule has 1 aromatic carbocycles. The fourth-order valence-electron chi connectivity index (χ4n) is 2.18. The summed E-state index contributed by atoms with van der Waals surface area (Å²) in [7, 11) is -3.81. The summed E-state index contributed by atoms with van der Waals surface area (Å²) in [6.07, 6.45) is 4.23. The molecule has 132 valence electrons. The van der Waals surface area contributed by atoms with Crippen LogP contribution in [0.1, 0.15) is 32.0 Å². The van der Waals surface area contributed by atoms with Crippen molar-refractivity contribution in [3.05, 3.63) is 60.2 Å². The molecule has 0 saturated heterocycles. The number of rotatable bonds is 5.